The Balaban J connectivity index is 1.55. The molecule has 6 heteroatoms. The SMILES string of the molecule is CC(C)[C@H](NC(=O)[C@@H](CSC(c1ccccc1)(c1ccccc1)c1ccccc1)NC(c1ccccc1)(c1ccccc1)c1ccccc1)C(=O)O. The van der Waals surface area contributed by atoms with Gasteiger partial charge >= 0.3 is 5.97 Å². The molecule has 0 radical (unpaired) electrons. The molecule has 6 aromatic rings. The van der Waals surface area contributed by atoms with Crippen molar-refractivity contribution in [2.24, 2.45) is 5.92 Å². The monoisotopic (exact) mass is 704 g/mol. The van der Waals surface area contributed by atoms with Crippen molar-refractivity contribution in [2.75, 3.05) is 5.75 Å². The van der Waals surface area contributed by atoms with Crippen molar-refractivity contribution >= 4 is 23.6 Å². The van der Waals surface area contributed by atoms with E-state index in [9.17, 15) is 14.7 Å². The molecule has 0 aliphatic heterocycles. The van der Waals surface area contributed by atoms with Gasteiger partial charge in [0, 0.05) is 5.75 Å². The number of thioether (sulfide) groups is 1. The number of aliphatic carboxylic acids is 1. The first-order valence-electron chi connectivity index (χ1n) is 17.6. The molecule has 3 N–H and O–H groups in total. The molecule has 5 nitrogen and oxygen atoms in total. The first-order chi connectivity index (χ1) is 25.4. The predicted octanol–water partition coefficient (Wildman–Crippen LogP) is 8.89. The van der Waals surface area contributed by atoms with Crippen LogP contribution < -0.4 is 10.6 Å². The maximum Gasteiger partial charge on any atom is 0.326 e. The fourth-order valence-corrected chi connectivity index (χ4v) is 8.56. The zero-order valence-electron chi connectivity index (χ0n) is 29.4. The van der Waals surface area contributed by atoms with Crippen molar-refractivity contribution in [2.45, 2.75) is 36.2 Å². The summed E-state index contributed by atoms with van der Waals surface area (Å²) in [6.07, 6.45) is 0. The van der Waals surface area contributed by atoms with Gasteiger partial charge in [0.05, 0.1) is 16.3 Å². The smallest absolute Gasteiger partial charge is 0.326 e. The predicted molar refractivity (Wildman–Crippen MR) is 212 cm³/mol. The molecule has 0 aliphatic carbocycles. The number of carbonyl (C=O) groups is 2. The highest BCUT2D eigenvalue weighted by Gasteiger charge is 2.43. The molecule has 0 aromatic heterocycles. The Morgan fingerprint density at radius 1 is 0.538 bits per heavy atom. The van der Waals surface area contributed by atoms with E-state index < -0.39 is 28.3 Å². The molecule has 6 aromatic carbocycles. The van der Waals surface area contributed by atoms with Crippen molar-refractivity contribution < 1.29 is 14.7 Å². The maximum atomic E-state index is 14.8. The van der Waals surface area contributed by atoms with E-state index in [4.69, 9.17) is 0 Å². The van der Waals surface area contributed by atoms with Crippen LogP contribution in [0, 0.1) is 5.92 Å². The molecular weight excluding hydrogens is 661 g/mol. The highest BCUT2D eigenvalue weighted by Crippen LogP contribution is 2.49. The zero-order valence-corrected chi connectivity index (χ0v) is 30.2. The lowest BCUT2D eigenvalue weighted by Crippen LogP contribution is -2.59. The van der Waals surface area contributed by atoms with Gasteiger partial charge in [-0.3, -0.25) is 10.1 Å². The molecule has 0 aliphatic rings. The van der Waals surface area contributed by atoms with Crippen LogP contribution in [0.1, 0.15) is 47.2 Å². The Labute approximate surface area is 311 Å². The molecule has 0 heterocycles. The van der Waals surface area contributed by atoms with E-state index in [0.717, 1.165) is 33.4 Å². The Bertz CT molecular complexity index is 1820. The van der Waals surface area contributed by atoms with Crippen molar-refractivity contribution in [3.8, 4) is 0 Å². The summed E-state index contributed by atoms with van der Waals surface area (Å²) in [4.78, 5) is 27.3. The number of carbonyl (C=O) groups excluding carboxylic acids is 1. The van der Waals surface area contributed by atoms with Gasteiger partial charge in [-0.2, -0.15) is 0 Å². The number of hydrogen-bond acceptors (Lipinski definition) is 4. The third-order valence-electron chi connectivity index (χ3n) is 9.57. The van der Waals surface area contributed by atoms with E-state index in [0.29, 0.717) is 5.75 Å². The molecule has 1 amide bonds. The minimum absolute atomic E-state index is 0.295. The topological polar surface area (TPSA) is 78.4 Å². The summed E-state index contributed by atoms with van der Waals surface area (Å²) in [5, 5.41) is 17.0. The molecule has 0 spiro atoms. The van der Waals surface area contributed by atoms with Crippen molar-refractivity contribution in [1.82, 2.24) is 10.6 Å². The third kappa shape index (κ3) is 7.59. The van der Waals surface area contributed by atoms with Gasteiger partial charge in [-0.25, -0.2) is 4.79 Å². The Morgan fingerprint density at radius 2 is 0.846 bits per heavy atom. The van der Waals surface area contributed by atoms with Crippen LogP contribution in [0.15, 0.2) is 182 Å². The average molecular weight is 705 g/mol. The van der Waals surface area contributed by atoms with Gasteiger partial charge in [0.15, 0.2) is 0 Å². The number of carboxylic acid groups (broad SMARTS) is 1. The van der Waals surface area contributed by atoms with E-state index in [1.54, 1.807) is 11.8 Å². The number of hydrogen-bond donors (Lipinski definition) is 3. The molecular formula is C46H44N2O3S. The largest absolute Gasteiger partial charge is 0.480 e. The lowest BCUT2D eigenvalue weighted by molar-refractivity contribution is -0.143. The number of benzene rings is 6. The lowest BCUT2D eigenvalue weighted by Gasteiger charge is -2.41. The second kappa shape index (κ2) is 16.7. The van der Waals surface area contributed by atoms with Crippen LogP contribution in [0.4, 0.5) is 0 Å². The standard InChI is InChI=1S/C46H44N2O3S/c1-34(2)42(44(50)51)47-43(49)41(48-45(35-21-9-3-10-22-35,36-23-11-4-12-24-36)37-25-13-5-14-26-37)33-52-46(38-27-15-6-16-28-38,39-29-17-7-18-30-39)40-31-19-8-20-32-40/h3-32,34,41-42,48H,33H2,1-2H3,(H,47,49)(H,50,51)/t41-,42+/m1/s1. The lowest BCUT2D eigenvalue weighted by atomic mass is 9.76. The van der Waals surface area contributed by atoms with Crippen LogP contribution in [0.5, 0.6) is 0 Å². The average Bonchev–Trinajstić information content (AvgIpc) is 3.20. The molecule has 6 rings (SSSR count). The van der Waals surface area contributed by atoms with Crippen LogP contribution >= 0.6 is 11.8 Å². The summed E-state index contributed by atoms with van der Waals surface area (Å²) in [5.41, 5.74) is 5.10. The summed E-state index contributed by atoms with van der Waals surface area (Å²) in [5.74, 6) is -1.48. The fraction of sp³-hybridized carbons (Fsp3) is 0.174. The van der Waals surface area contributed by atoms with Crippen LogP contribution in [0.25, 0.3) is 0 Å². The summed E-state index contributed by atoms with van der Waals surface area (Å²) in [6, 6.07) is 59.6. The summed E-state index contributed by atoms with van der Waals surface area (Å²) in [6.45, 7) is 3.62. The van der Waals surface area contributed by atoms with Crippen LogP contribution in [-0.2, 0) is 19.9 Å². The summed E-state index contributed by atoms with van der Waals surface area (Å²) >= 11 is 1.66. The fourth-order valence-electron chi connectivity index (χ4n) is 7.00. The first kappa shape index (κ1) is 36.4. The Kier molecular flexibility index (Phi) is 11.7. The van der Waals surface area contributed by atoms with Crippen molar-refractivity contribution in [3.63, 3.8) is 0 Å². The second-order valence-electron chi connectivity index (χ2n) is 13.2. The minimum atomic E-state index is -1.07. The maximum absolute atomic E-state index is 14.8. The highest BCUT2D eigenvalue weighted by atomic mass is 32.2. The highest BCUT2D eigenvalue weighted by molar-refractivity contribution is 8.00. The Morgan fingerprint density at radius 3 is 1.13 bits per heavy atom. The molecule has 0 saturated heterocycles. The van der Waals surface area contributed by atoms with E-state index >= 15 is 0 Å². The van der Waals surface area contributed by atoms with E-state index in [1.807, 2.05) is 123 Å². The summed E-state index contributed by atoms with van der Waals surface area (Å²) in [7, 11) is 0. The minimum Gasteiger partial charge on any atom is -0.480 e. The van der Waals surface area contributed by atoms with Crippen LogP contribution in [-0.4, -0.2) is 34.8 Å². The van der Waals surface area contributed by atoms with Gasteiger partial charge in [-0.05, 0) is 39.3 Å². The number of rotatable bonds is 15. The quantitative estimate of drug-likeness (QED) is 0.0932. The molecule has 0 bridgehead atoms. The van der Waals surface area contributed by atoms with Crippen molar-refractivity contribution in [1.29, 1.82) is 0 Å². The second-order valence-corrected chi connectivity index (χ2v) is 14.4. The zero-order chi connectivity index (χ0) is 36.4. The summed E-state index contributed by atoms with van der Waals surface area (Å²) < 4.78 is -0.705. The van der Waals surface area contributed by atoms with Gasteiger partial charge in [0.2, 0.25) is 5.91 Å². The number of amides is 1. The van der Waals surface area contributed by atoms with E-state index in [2.05, 4.69) is 83.4 Å². The van der Waals surface area contributed by atoms with Gasteiger partial charge in [-0.1, -0.05) is 196 Å². The first-order valence-corrected chi connectivity index (χ1v) is 18.6. The van der Waals surface area contributed by atoms with Crippen LogP contribution in [0.2, 0.25) is 0 Å². The molecule has 0 fully saturated rings. The van der Waals surface area contributed by atoms with Gasteiger partial charge in [0.25, 0.3) is 0 Å². The van der Waals surface area contributed by atoms with Gasteiger partial charge in [-0.15, -0.1) is 11.8 Å². The van der Waals surface area contributed by atoms with Gasteiger partial charge < -0.3 is 10.4 Å². The molecule has 0 unspecified atom stereocenters. The van der Waals surface area contributed by atoms with Crippen molar-refractivity contribution in [3.05, 3.63) is 215 Å². The van der Waals surface area contributed by atoms with Gasteiger partial charge in [0.1, 0.15) is 6.04 Å². The molecule has 52 heavy (non-hydrogen) atoms. The van der Waals surface area contributed by atoms with E-state index in [1.165, 1.54) is 0 Å². The number of carboxylic acids is 1. The third-order valence-corrected chi connectivity index (χ3v) is 11.2. The molecule has 2 atom stereocenters. The molecule has 262 valence electrons. The normalized spacial score (nSPS) is 12.9. The Hall–Kier alpha value is -5.43. The van der Waals surface area contributed by atoms with Crippen LogP contribution in [0.3, 0.4) is 0 Å². The van der Waals surface area contributed by atoms with E-state index in [-0.39, 0.29) is 11.8 Å². The number of nitrogens with one attached hydrogen (secondary N) is 2. The molecule has 0 saturated carbocycles.